The van der Waals surface area contributed by atoms with Gasteiger partial charge in [-0.25, -0.2) is 0 Å². The lowest BCUT2D eigenvalue weighted by atomic mass is 10.3. The van der Waals surface area contributed by atoms with Crippen LogP contribution < -0.4 is 5.32 Å². The number of unbranched alkanes of at least 4 members (excludes halogenated alkanes) is 1. The third-order valence-electron chi connectivity index (χ3n) is 1.69. The Kier molecular flexibility index (Phi) is 2.46. The minimum atomic E-state index is -0.0638. The summed E-state index contributed by atoms with van der Waals surface area (Å²) in [6.07, 6.45) is 2.13. The van der Waals surface area contributed by atoms with Gasteiger partial charge in [-0.05, 0) is 6.42 Å². The molecule has 0 bridgehead atoms. The van der Waals surface area contributed by atoms with Crippen molar-refractivity contribution in [2.75, 3.05) is 13.1 Å². The molecule has 1 fully saturated rings. The van der Waals surface area contributed by atoms with E-state index in [1.54, 1.807) is 4.90 Å². The number of amides is 1. The van der Waals surface area contributed by atoms with Gasteiger partial charge < -0.3 is 4.90 Å². The zero-order valence-electron chi connectivity index (χ0n) is 6.68. The van der Waals surface area contributed by atoms with Crippen LogP contribution in [0.5, 0.6) is 0 Å². The Hall–Kier alpha value is -1.06. The molecule has 0 spiro atoms. The van der Waals surface area contributed by atoms with Gasteiger partial charge in [0.1, 0.15) is 6.54 Å². The van der Waals surface area contributed by atoms with Crippen LogP contribution in [0.1, 0.15) is 19.8 Å². The second kappa shape index (κ2) is 3.37. The van der Waals surface area contributed by atoms with Crippen molar-refractivity contribution in [3.63, 3.8) is 0 Å². The van der Waals surface area contributed by atoms with Gasteiger partial charge in [-0.15, -0.1) is 0 Å². The van der Waals surface area contributed by atoms with Crippen LogP contribution >= 0.6 is 0 Å². The number of nitrogens with zero attached hydrogens (tertiary/aromatic N) is 1. The summed E-state index contributed by atoms with van der Waals surface area (Å²) in [5.74, 6) is 0.189. The molecule has 0 aromatic rings. The number of rotatable bonds is 3. The second-order valence-corrected chi connectivity index (χ2v) is 2.67. The molecule has 0 unspecified atom stereocenters. The summed E-state index contributed by atoms with van der Waals surface area (Å²) in [6, 6.07) is 0. The highest BCUT2D eigenvalue weighted by Crippen LogP contribution is 1.99. The first-order valence-electron chi connectivity index (χ1n) is 3.87. The quantitative estimate of drug-likeness (QED) is 0.609. The van der Waals surface area contributed by atoms with E-state index in [2.05, 4.69) is 12.2 Å². The van der Waals surface area contributed by atoms with E-state index in [0.717, 1.165) is 19.4 Å². The SMILES string of the molecule is CCCCN1CC(=O)NC1=N. The summed E-state index contributed by atoms with van der Waals surface area (Å²) in [7, 11) is 0. The molecule has 1 aliphatic rings. The van der Waals surface area contributed by atoms with Crippen molar-refractivity contribution in [1.82, 2.24) is 10.2 Å². The van der Waals surface area contributed by atoms with Gasteiger partial charge in [0.25, 0.3) is 0 Å². The minimum absolute atomic E-state index is 0.0638. The van der Waals surface area contributed by atoms with E-state index in [1.165, 1.54) is 0 Å². The Morgan fingerprint density at radius 3 is 2.91 bits per heavy atom. The highest BCUT2D eigenvalue weighted by atomic mass is 16.2. The van der Waals surface area contributed by atoms with Crippen LogP contribution in [0.3, 0.4) is 0 Å². The average Bonchev–Trinajstić information content (AvgIpc) is 2.26. The van der Waals surface area contributed by atoms with Crippen LogP contribution in [0.25, 0.3) is 0 Å². The molecular weight excluding hydrogens is 142 g/mol. The third-order valence-corrected chi connectivity index (χ3v) is 1.69. The fourth-order valence-corrected chi connectivity index (χ4v) is 1.04. The lowest BCUT2D eigenvalue weighted by Gasteiger charge is -2.13. The number of carbonyl (C=O) groups excluding carboxylic acids is 1. The molecule has 1 saturated heterocycles. The van der Waals surface area contributed by atoms with Crippen molar-refractivity contribution in [2.24, 2.45) is 0 Å². The predicted molar refractivity (Wildman–Crippen MR) is 42.4 cm³/mol. The largest absolute Gasteiger partial charge is 0.334 e. The first-order chi connectivity index (χ1) is 5.24. The van der Waals surface area contributed by atoms with Gasteiger partial charge in [-0.1, -0.05) is 13.3 Å². The van der Waals surface area contributed by atoms with Gasteiger partial charge in [-0.2, -0.15) is 0 Å². The Morgan fingerprint density at radius 2 is 2.45 bits per heavy atom. The highest BCUT2D eigenvalue weighted by molar-refractivity contribution is 6.02. The van der Waals surface area contributed by atoms with Crippen molar-refractivity contribution >= 4 is 11.9 Å². The standard InChI is InChI=1S/C7H13N3O/c1-2-3-4-10-5-6(11)9-7(10)8/h2-5H2,1H3,(H2,8,9,11). The van der Waals surface area contributed by atoms with Gasteiger partial charge in [0.15, 0.2) is 5.96 Å². The summed E-state index contributed by atoms with van der Waals surface area (Å²) in [4.78, 5) is 12.5. The molecule has 1 aliphatic heterocycles. The molecule has 0 aromatic heterocycles. The fraction of sp³-hybridized carbons (Fsp3) is 0.714. The van der Waals surface area contributed by atoms with Crippen LogP contribution in [0.2, 0.25) is 0 Å². The molecule has 0 saturated carbocycles. The molecule has 62 valence electrons. The Balaban J connectivity index is 2.34. The van der Waals surface area contributed by atoms with E-state index in [-0.39, 0.29) is 11.9 Å². The molecule has 0 radical (unpaired) electrons. The van der Waals surface area contributed by atoms with Crippen LogP contribution in [0, 0.1) is 5.41 Å². The molecule has 0 aromatic carbocycles. The molecular formula is C7H13N3O. The lowest BCUT2D eigenvalue weighted by Crippen LogP contribution is -2.29. The number of carbonyl (C=O) groups is 1. The van der Waals surface area contributed by atoms with E-state index >= 15 is 0 Å². The maximum absolute atomic E-state index is 10.7. The van der Waals surface area contributed by atoms with Crippen LogP contribution in [-0.4, -0.2) is 29.9 Å². The number of guanidine groups is 1. The summed E-state index contributed by atoms with van der Waals surface area (Å²) >= 11 is 0. The first-order valence-corrected chi connectivity index (χ1v) is 3.87. The van der Waals surface area contributed by atoms with Crippen LogP contribution in [0.15, 0.2) is 0 Å². The number of hydrogen-bond acceptors (Lipinski definition) is 2. The van der Waals surface area contributed by atoms with Crippen molar-refractivity contribution in [3.05, 3.63) is 0 Å². The molecule has 4 nitrogen and oxygen atoms in total. The molecule has 1 heterocycles. The molecule has 0 atom stereocenters. The van der Waals surface area contributed by atoms with Crippen LogP contribution in [0.4, 0.5) is 0 Å². The smallest absolute Gasteiger partial charge is 0.246 e. The summed E-state index contributed by atoms with van der Waals surface area (Å²) in [6.45, 7) is 3.27. The topological polar surface area (TPSA) is 56.2 Å². The van der Waals surface area contributed by atoms with Gasteiger partial charge in [0, 0.05) is 6.54 Å². The Bertz CT molecular complexity index is 179. The third kappa shape index (κ3) is 1.93. The number of nitrogens with one attached hydrogen (secondary N) is 2. The lowest BCUT2D eigenvalue weighted by molar-refractivity contribution is -0.118. The summed E-state index contributed by atoms with van der Waals surface area (Å²) in [5, 5.41) is 9.75. The highest BCUT2D eigenvalue weighted by Gasteiger charge is 2.22. The molecule has 4 heteroatoms. The fourth-order valence-electron chi connectivity index (χ4n) is 1.04. The maximum Gasteiger partial charge on any atom is 0.246 e. The summed E-state index contributed by atoms with van der Waals surface area (Å²) in [5.41, 5.74) is 0. The molecule has 11 heavy (non-hydrogen) atoms. The zero-order valence-corrected chi connectivity index (χ0v) is 6.68. The van der Waals surface area contributed by atoms with E-state index in [4.69, 9.17) is 5.41 Å². The predicted octanol–water partition coefficient (Wildman–Crippen LogP) is 0.153. The van der Waals surface area contributed by atoms with Gasteiger partial charge in [0.05, 0.1) is 0 Å². The van der Waals surface area contributed by atoms with Gasteiger partial charge >= 0.3 is 0 Å². The molecule has 2 N–H and O–H groups in total. The van der Waals surface area contributed by atoms with E-state index in [9.17, 15) is 4.79 Å². The van der Waals surface area contributed by atoms with E-state index in [0.29, 0.717) is 6.54 Å². The van der Waals surface area contributed by atoms with Crippen LogP contribution in [-0.2, 0) is 4.79 Å². The Labute approximate surface area is 66.1 Å². The Morgan fingerprint density at radius 1 is 1.73 bits per heavy atom. The van der Waals surface area contributed by atoms with E-state index in [1.807, 2.05) is 0 Å². The van der Waals surface area contributed by atoms with Crippen molar-refractivity contribution in [3.8, 4) is 0 Å². The normalized spacial score (nSPS) is 17.4. The molecule has 1 rings (SSSR count). The zero-order chi connectivity index (χ0) is 8.27. The minimum Gasteiger partial charge on any atom is -0.334 e. The van der Waals surface area contributed by atoms with E-state index < -0.39 is 0 Å². The van der Waals surface area contributed by atoms with Crippen molar-refractivity contribution < 1.29 is 4.79 Å². The average molecular weight is 155 g/mol. The second-order valence-electron chi connectivity index (χ2n) is 2.67. The van der Waals surface area contributed by atoms with Crippen molar-refractivity contribution in [1.29, 1.82) is 5.41 Å². The molecule has 0 aliphatic carbocycles. The number of hydrogen-bond donors (Lipinski definition) is 2. The van der Waals surface area contributed by atoms with Gasteiger partial charge in [0.2, 0.25) is 5.91 Å². The molecule has 1 amide bonds. The first kappa shape index (κ1) is 8.04. The van der Waals surface area contributed by atoms with Gasteiger partial charge in [-0.3, -0.25) is 15.5 Å². The summed E-state index contributed by atoms with van der Waals surface area (Å²) < 4.78 is 0. The maximum atomic E-state index is 10.7. The van der Waals surface area contributed by atoms with Crippen molar-refractivity contribution in [2.45, 2.75) is 19.8 Å². The monoisotopic (exact) mass is 155 g/mol.